The van der Waals surface area contributed by atoms with E-state index in [0.717, 1.165) is 10.5 Å². The molecule has 0 aromatic heterocycles. The third-order valence-electron chi connectivity index (χ3n) is 5.70. The maximum atomic E-state index is 13.2. The molecule has 28 heavy (non-hydrogen) atoms. The van der Waals surface area contributed by atoms with Crippen LogP contribution in [0.15, 0.2) is 18.2 Å². The van der Waals surface area contributed by atoms with Gasteiger partial charge in [0.15, 0.2) is 0 Å². The second kappa shape index (κ2) is 7.79. The number of likely N-dealkylation sites (tertiary alicyclic amines) is 1. The van der Waals surface area contributed by atoms with Crippen molar-refractivity contribution in [3.63, 3.8) is 0 Å². The highest BCUT2D eigenvalue weighted by Gasteiger charge is 2.52. The predicted molar refractivity (Wildman–Crippen MR) is 102 cm³/mol. The summed E-state index contributed by atoms with van der Waals surface area (Å²) in [4.78, 5) is 40.9. The van der Waals surface area contributed by atoms with E-state index in [1.54, 1.807) is 24.1 Å². The third kappa shape index (κ3) is 3.44. The number of carbonyl (C=O) groups is 3. The zero-order valence-corrected chi connectivity index (χ0v) is 16.5. The van der Waals surface area contributed by atoms with Gasteiger partial charge in [0.05, 0.1) is 13.2 Å². The number of methoxy groups -OCH3 is 1. The van der Waals surface area contributed by atoms with Crippen molar-refractivity contribution in [1.82, 2.24) is 15.1 Å². The molecule has 2 aliphatic rings. The van der Waals surface area contributed by atoms with Crippen LogP contribution in [0.2, 0.25) is 0 Å². The number of aliphatic hydroxyl groups excluding tert-OH is 1. The molecule has 0 spiro atoms. The molecule has 2 N–H and O–H groups in total. The van der Waals surface area contributed by atoms with Crippen molar-refractivity contribution in [2.24, 2.45) is 0 Å². The molecule has 152 valence electrons. The minimum absolute atomic E-state index is 0.284. The van der Waals surface area contributed by atoms with E-state index in [-0.39, 0.29) is 12.5 Å². The molecule has 3 rings (SSSR count). The summed E-state index contributed by atoms with van der Waals surface area (Å²) in [7, 11) is 1.58. The summed E-state index contributed by atoms with van der Waals surface area (Å²) in [5.41, 5.74) is 0.339. The first-order chi connectivity index (χ1) is 13.3. The van der Waals surface area contributed by atoms with Gasteiger partial charge in [-0.25, -0.2) is 4.79 Å². The summed E-state index contributed by atoms with van der Waals surface area (Å²) in [6.07, 6.45) is 0.988. The Morgan fingerprint density at radius 3 is 2.57 bits per heavy atom. The lowest BCUT2D eigenvalue weighted by Gasteiger charge is -2.31. The van der Waals surface area contributed by atoms with Crippen LogP contribution in [0, 0.1) is 6.92 Å². The number of imide groups is 1. The van der Waals surface area contributed by atoms with Crippen LogP contribution in [-0.4, -0.2) is 65.6 Å². The summed E-state index contributed by atoms with van der Waals surface area (Å²) in [6, 6.07) is 4.81. The van der Waals surface area contributed by atoms with E-state index in [0.29, 0.717) is 43.7 Å². The molecule has 0 radical (unpaired) electrons. The van der Waals surface area contributed by atoms with Crippen molar-refractivity contribution in [1.29, 1.82) is 0 Å². The van der Waals surface area contributed by atoms with Crippen LogP contribution in [0.25, 0.3) is 0 Å². The number of aliphatic hydroxyl groups is 1. The number of carbonyl (C=O) groups excluding carboxylic acids is 3. The fourth-order valence-electron chi connectivity index (χ4n) is 3.90. The second-order valence-corrected chi connectivity index (χ2v) is 7.38. The first kappa shape index (κ1) is 20.1. The molecule has 1 aromatic carbocycles. The van der Waals surface area contributed by atoms with Crippen LogP contribution < -0.4 is 10.1 Å². The van der Waals surface area contributed by atoms with Gasteiger partial charge in [0, 0.05) is 13.1 Å². The van der Waals surface area contributed by atoms with Crippen molar-refractivity contribution in [3.8, 4) is 5.75 Å². The number of benzene rings is 1. The molecular weight excluding hydrogens is 362 g/mol. The van der Waals surface area contributed by atoms with Gasteiger partial charge in [-0.3, -0.25) is 14.5 Å². The lowest BCUT2D eigenvalue weighted by Crippen LogP contribution is -2.47. The number of urea groups is 1. The normalized spacial score (nSPS) is 23.1. The highest BCUT2D eigenvalue weighted by Crippen LogP contribution is 2.34. The van der Waals surface area contributed by atoms with Gasteiger partial charge in [-0.05, 0) is 49.4 Å². The Kier molecular flexibility index (Phi) is 5.60. The molecule has 1 aromatic rings. The monoisotopic (exact) mass is 389 g/mol. The van der Waals surface area contributed by atoms with Gasteiger partial charge in [-0.15, -0.1) is 0 Å². The summed E-state index contributed by atoms with van der Waals surface area (Å²) in [6.45, 7) is 4.27. The molecule has 2 saturated heterocycles. The summed E-state index contributed by atoms with van der Waals surface area (Å²) < 4.78 is 5.27. The minimum atomic E-state index is -1.19. The number of hydrogen-bond donors (Lipinski definition) is 2. The van der Waals surface area contributed by atoms with E-state index in [4.69, 9.17) is 4.74 Å². The average molecular weight is 389 g/mol. The van der Waals surface area contributed by atoms with Gasteiger partial charge < -0.3 is 20.1 Å². The maximum Gasteiger partial charge on any atom is 0.325 e. The smallest absolute Gasteiger partial charge is 0.325 e. The van der Waals surface area contributed by atoms with Crippen molar-refractivity contribution in [2.45, 2.75) is 44.8 Å². The number of amides is 4. The van der Waals surface area contributed by atoms with Crippen LogP contribution in [-0.2, 0) is 15.1 Å². The summed E-state index contributed by atoms with van der Waals surface area (Å²) >= 11 is 0. The summed E-state index contributed by atoms with van der Waals surface area (Å²) in [5.74, 6) is -0.00530. The van der Waals surface area contributed by atoms with Crippen molar-refractivity contribution in [2.75, 3.05) is 26.7 Å². The Hall–Kier alpha value is -2.61. The van der Waals surface area contributed by atoms with Gasteiger partial charge in [-0.2, -0.15) is 0 Å². The Morgan fingerprint density at radius 2 is 2.00 bits per heavy atom. The number of rotatable bonds is 5. The SMILES string of the molecule is CCC1(c2ccc(OC)c(C)c2)NC(=O)N(CC(=O)N2CCC(O)CC2)C1=O. The fourth-order valence-corrected chi connectivity index (χ4v) is 3.90. The molecule has 2 fully saturated rings. The Labute approximate surface area is 164 Å². The van der Waals surface area contributed by atoms with E-state index in [1.165, 1.54) is 0 Å². The van der Waals surface area contributed by atoms with Gasteiger partial charge in [0.1, 0.15) is 17.8 Å². The Bertz CT molecular complexity index is 788. The van der Waals surface area contributed by atoms with Crippen LogP contribution >= 0.6 is 0 Å². The largest absolute Gasteiger partial charge is 0.496 e. The number of piperidine rings is 1. The molecule has 4 amide bonds. The molecule has 0 saturated carbocycles. The van der Waals surface area contributed by atoms with E-state index < -0.39 is 23.6 Å². The molecule has 0 aliphatic carbocycles. The number of ether oxygens (including phenoxy) is 1. The highest BCUT2D eigenvalue weighted by molar-refractivity contribution is 6.09. The number of hydrogen-bond acceptors (Lipinski definition) is 5. The van der Waals surface area contributed by atoms with Crippen LogP contribution in [0.3, 0.4) is 0 Å². The van der Waals surface area contributed by atoms with Crippen LogP contribution in [0.4, 0.5) is 4.79 Å². The Morgan fingerprint density at radius 1 is 1.32 bits per heavy atom. The summed E-state index contributed by atoms with van der Waals surface area (Å²) in [5, 5.41) is 12.4. The second-order valence-electron chi connectivity index (χ2n) is 7.38. The zero-order valence-electron chi connectivity index (χ0n) is 16.5. The molecule has 1 unspecified atom stereocenters. The van der Waals surface area contributed by atoms with E-state index in [2.05, 4.69) is 5.32 Å². The van der Waals surface area contributed by atoms with Gasteiger partial charge in [-0.1, -0.05) is 13.0 Å². The van der Waals surface area contributed by atoms with Gasteiger partial charge in [0.25, 0.3) is 5.91 Å². The lowest BCUT2D eigenvalue weighted by molar-refractivity contribution is -0.140. The van der Waals surface area contributed by atoms with E-state index in [9.17, 15) is 19.5 Å². The zero-order chi connectivity index (χ0) is 20.5. The van der Waals surface area contributed by atoms with E-state index in [1.807, 2.05) is 19.9 Å². The van der Waals surface area contributed by atoms with Crippen molar-refractivity contribution >= 4 is 17.8 Å². The quantitative estimate of drug-likeness (QED) is 0.736. The van der Waals surface area contributed by atoms with Crippen molar-refractivity contribution < 1.29 is 24.2 Å². The first-order valence-electron chi connectivity index (χ1n) is 9.57. The van der Waals surface area contributed by atoms with Gasteiger partial charge in [0.2, 0.25) is 5.91 Å². The maximum absolute atomic E-state index is 13.2. The molecule has 8 heteroatoms. The first-order valence-corrected chi connectivity index (χ1v) is 9.57. The lowest BCUT2D eigenvalue weighted by atomic mass is 9.86. The van der Waals surface area contributed by atoms with E-state index >= 15 is 0 Å². The van der Waals surface area contributed by atoms with Crippen LogP contribution in [0.1, 0.15) is 37.3 Å². The highest BCUT2D eigenvalue weighted by atomic mass is 16.5. The Balaban J connectivity index is 1.81. The molecule has 8 nitrogen and oxygen atoms in total. The predicted octanol–water partition coefficient (Wildman–Crippen LogP) is 1.14. The number of nitrogens with one attached hydrogen (secondary N) is 1. The molecule has 1 atom stereocenters. The standard InChI is InChI=1S/C20H27N3O5/c1-4-20(14-5-6-16(28-3)13(2)11-14)18(26)23(19(27)21-20)12-17(25)22-9-7-15(24)8-10-22/h5-6,11,15,24H,4,7-10,12H2,1-3H3,(H,21,27). The molecule has 2 aliphatic heterocycles. The molecular formula is C20H27N3O5. The molecule has 2 heterocycles. The van der Waals surface area contributed by atoms with Gasteiger partial charge >= 0.3 is 6.03 Å². The minimum Gasteiger partial charge on any atom is -0.496 e. The topological polar surface area (TPSA) is 99.2 Å². The fraction of sp³-hybridized carbons (Fsp3) is 0.550. The van der Waals surface area contributed by atoms with Crippen LogP contribution in [0.5, 0.6) is 5.75 Å². The van der Waals surface area contributed by atoms with Crippen molar-refractivity contribution in [3.05, 3.63) is 29.3 Å². The number of aryl methyl sites for hydroxylation is 1. The average Bonchev–Trinajstić information content (AvgIpc) is 2.93. The third-order valence-corrected chi connectivity index (χ3v) is 5.70. The number of nitrogens with zero attached hydrogens (tertiary/aromatic N) is 2. The molecule has 0 bridgehead atoms.